The van der Waals surface area contributed by atoms with Crippen molar-refractivity contribution in [3.8, 4) is 22.6 Å². The second-order valence-corrected chi connectivity index (χ2v) is 9.60. The second kappa shape index (κ2) is 12.2. The minimum absolute atomic E-state index is 0.182. The van der Waals surface area contributed by atoms with Gasteiger partial charge in [-0.15, -0.1) is 0 Å². The van der Waals surface area contributed by atoms with E-state index in [9.17, 15) is 4.39 Å². The summed E-state index contributed by atoms with van der Waals surface area (Å²) in [6.07, 6.45) is 2.26. The summed E-state index contributed by atoms with van der Waals surface area (Å²) in [5.41, 5.74) is 5.26. The SMILES string of the molecule is CC(=O)O.COc1ccc(F)c(-c2ccc(COc3cccc(Cc4ccon4)c3)cc2C(C)(C)C)c1. The minimum Gasteiger partial charge on any atom is -0.497 e. The first kappa shape index (κ1) is 27.5. The number of benzene rings is 3. The Bertz CT molecular complexity index is 1320. The van der Waals surface area contributed by atoms with Crippen LogP contribution in [0.2, 0.25) is 0 Å². The molecule has 6 nitrogen and oxygen atoms in total. The molecule has 7 heteroatoms. The number of aromatic nitrogens is 1. The van der Waals surface area contributed by atoms with Gasteiger partial charge >= 0.3 is 0 Å². The van der Waals surface area contributed by atoms with Crippen molar-refractivity contribution < 1.29 is 28.3 Å². The number of aliphatic carboxylic acids is 1. The second-order valence-electron chi connectivity index (χ2n) is 9.60. The van der Waals surface area contributed by atoms with Crippen molar-refractivity contribution in [2.75, 3.05) is 7.11 Å². The summed E-state index contributed by atoms with van der Waals surface area (Å²) in [6, 6.07) is 20.7. The molecule has 0 amide bonds. The van der Waals surface area contributed by atoms with Gasteiger partial charge in [-0.25, -0.2) is 4.39 Å². The number of carbonyl (C=O) groups is 1. The van der Waals surface area contributed by atoms with Crippen molar-refractivity contribution in [2.24, 2.45) is 0 Å². The quantitative estimate of drug-likeness (QED) is 0.290. The van der Waals surface area contributed by atoms with Crippen LogP contribution in [0.1, 0.15) is 50.1 Å². The first-order valence-electron chi connectivity index (χ1n) is 11.8. The van der Waals surface area contributed by atoms with Crippen molar-refractivity contribution in [1.29, 1.82) is 0 Å². The Labute approximate surface area is 216 Å². The number of carboxylic acids is 1. The Morgan fingerprint density at radius 1 is 0.973 bits per heavy atom. The van der Waals surface area contributed by atoms with Crippen LogP contribution in [0.25, 0.3) is 11.1 Å². The monoisotopic (exact) mass is 505 g/mol. The Balaban J connectivity index is 0.000000886. The predicted molar refractivity (Wildman–Crippen MR) is 140 cm³/mol. The number of hydrogen-bond acceptors (Lipinski definition) is 5. The highest BCUT2D eigenvalue weighted by atomic mass is 19.1. The average molecular weight is 506 g/mol. The highest BCUT2D eigenvalue weighted by Gasteiger charge is 2.21. The fraction of sp³-hybridized carbons (Fsp3) is 0.267. The molecule has 1 heterocycles. The van der Waals surface area contributed by atoms with E-state index < -0.39 is 5.97 Å². The maximum absolute atomic E-state index is 14.7. The molecule has 4 rings (SSSR count). The summed E-state index contributed by atoms with van der Waals surface area (Å²) in [5, 5.41) is 11.4. The molecule has 0 aliphatic heterocycles. The molecule has 0 saturated carbocycles. The lowest BCUT2D eigenvalue weighted by Gasteiger charge is -2.24. The number of hydrogen-bond donors (Lipinski definition) is 1. The van der Waals surface area contributed by atoms with Crippen molar-refractivity contribution >= 4 is 5.97 Å². The average Bonchev–Trinajstić information content (AvgIpc) is 3.35. The first-order valence-corrected chi connectivity index (χ1v) is 11.8. The van der Waals surface area contributed by atoms with Crippen LogP contribution in [0.15, 0.2) is 77.5 Å². The Morgan fingerprint density at radius 3 is 2.38 bits per heavy atom. The summed E-state index contributed by atoms with van der Waals surface area (Å²) in [4.78, 5) is 9.00. The molecule has 3 aromatic carbocycles. The number of carboxylic acid groups (broad SMARTS) is 1. The van der Waals surface area contributed by atoms with Crippen LogP contribution in [0.4, 0.5) is 4.39 Å². The molecule has 0 saturated heterocycles. The molecule has 0 unspecified atom stereocenters. The van der Waals surface area contributed by atoms with Gasteiger partial charge in [0.25, 0.3) is 5.97 Å². The van der Waals surface area contributed by atoms with Crippen LogP contribution in [0, 0.1) is 5.82 Å². The molecule has 1 aromatic heterocycles. The lowest BCUT2D eigenvalue weighted by atomic mass is 9.81. The van der Waals surface area contributed by atoms with Crippen LogP contribution in [-0.4, -0.2) is 23.3 Å². The summed E-state index contributed by atoms with van der Waals surface area (Å²) in [5.74, 6) is 0.314. The fourth-order valence-electron chi connectivity index (χ4n) is 3.82. The van der Waals surface area contributed by atoms with E-state index in [4.69, 9.17) is 23.9 Å². The lowest BCUT2D eigenvalue weighted by Crippen LogP contribution is -2.14. The summed E-state index contributed by atoms with van der Waals surface area (Å²) in [6.45, 7) is 7.88. The van der Waals surface area contributed by atoms with Gasteiger partial charge in [-0.3, -0.25) is 4.79 Å². The summed E-state index contributed by atoms with van der Waals surface area (Å²) in [7, 11) is 1.59. The number of rotatable bonds is 7. The highest BCUT2D eigenvalue weighted by molar-refractivity contribution is 5.71. The maximum Gasteiger partial charge on any atom is 0.300 e. The van der Waals surface area contributed by atoms with Crippen LogP contribution in [0.3, 0.4) is 0 Å². The Kier molecular flexibility index (Phi) is 9.06. The van der Waals surface area contributed by atoms with E-state index in [1.807, 2.05) is 42.5 Å². The van der Waals surface area contributed by atoms with Gasteiger partial charge in [0, 0.05) is 25.0 Å². The van der Waals surface area contributed by atoms with Gasteiger partial charge in [-0.2, -0.15) is 0 Å². The Morgan fingerprint density at radius 2 is 1.73 bits per heavy atom. The molecule has 0 atom stereocenters. The van der Waals surface area contributed by atoms with Gasteiger partial charge in [0.05, 0.1) is 12.8 Å². The molecule has 0 radical (unpaired) electrons. The molecule has 0 aliphatic carbocycles. The molecule has 0 bridgehead atoms. The van der Waals surface area contributed by atoms with Gasteiger partial charge in [0.15, 0.2) is 0 Å². The smallest absolute Gasteiger partial charge is 0.300 e. The normalized spacial score (nSPS) is 10.9. The third kappa shape index (κ3) is 7.93. The van der Waals surface area contributed by atoms with Gasteiger partial charge in [-0.1, -0.05) is 56.3 Å². The van der Waals surface area contributed by atoms with Crippen molar-refractivity contribution in [2.45, 2.75) is 46.1 Å². The number of ether oxygens (including phenoxy) is 2. The standard InChI is InChI=1S/C28H28FNO3.C2H4O2/c1-28(2,3)26-16-20(8-10-24(26)25-17-22(31-4)9-11-27(25)29)18-32-23-7-5-6-19(15-23)14-21-12-13-33-30-21;1-2(3)4/h5-13,15-17H,14,18H2,1-4H3;1H3,(H,3,4). The molecule has 194 valence electrons. The molecular weight excluding hydrogens is 473 g/mol. The van der Waals surface area contributed by atoms with Crippen LogP contribution in [0.5, 0.6) is 11.5 Å². The molecule has 0 fully saturated rings. The zero-order valence-electron chi connectivity index (χ0n) is 21.7. The van der Waals surface area contributed by atoms with Crippen molar-refractivity contribution in [3.05, 3.63) is 101 Å². The first-order chi connectivity index (χ1) is 17.6. The third-order valence-electron chi connectivity index (χ3n) is 5.54. The molecule has 4 aromatic rings. The van der Waals surface area contributed by atoms with Crippen LogP contribution in [-0.2, 0) is 23.2 Å². The van der Waals surface area contributed by atoms with E-state index in [0.717, 1.165) is 40.6 Å². The summed E-state index contributed by atoms with van der Waals surface area (Å²) < 4.78 is 31.0. The predicted octanol–water partition coefficient (Wildman–Crippen LogP) is 7.05. The maximum atomic E-state index is 14.7. The van der Waals surface area contributed by atoms with Crippen LogP contribution < -0.4 is 9.47 Å². The largest absolute Gasteiger partial charge is 0.497 e. The fourth-order valence-corrected chi connectivity index (χ4v) is 3.82. The Hall–Kier alpha value is -4.13. The van der Waals surface area contributed by atoms with E-state index in [-0.39, 0.29) is 11.2 Å². The number of halogens is 1. The molecule has 0 spiro atoms. The number of nitrogens with zero attached hydrogens (tertiary/aromatic N) is 1. The minimum atomic E-state index is -0.833. The van der Waals surface area contributed by atoms with Gasteiger partial charge in [0.1, 0.15) is 30.2 Å². The molecular formula is C30H32FNO5. The molecule has 1 N–H and O–H groups in total. The van der Waals surface area contributed by atoms with Crippen molar-refractivity contribution in [1.82, 2.24) is 5.16 Å². The zero-order valence-corrected chi connectivity index (χ0v) is 21.7. The van der Waals surface area contributed by atoms with Crippen molar-refractivity contribution in [3.63, 3.8) is 0 Å². The molecule has 37 heavy (non-hydrogen) atoms. The van der Waals surface area contributed by atoms with E-state index in [2.05, 4.69) is 32.0 Å². The van der Waals surface area contributed by atoms with Gasteiger partial charge in [0.2, 0.25) is 0 Å². The lowest BCUT2D eigenvalue weighted by molar-refractivity contribution is -0.134. The van der Waals surface area contributed by atoms with Crippen LogP contribution >= 0.6 is 0 Å². The van der Waals surface area contributed by atoms with Gasteiger partial charge < -0.3 is 19.1 Å². The van der Waals surface area contributed by atoms with E-state index in [0.29, 0.717) is 24.3 Å². The zero-order chi connectivity index (χ0) is 27.0. The van der Waals surface area contributed by atoms with Gasteiger partial charge in [-0.05, 0) is 58.0 Å². The topological polar surface area (TPSA) is 81.8 Å². The number of methoxy groups -OCH3 is 1. The summed E-state index contributed by atoms with van der Waals surface area (Å²) >= 11 is 0. The highest BCUT2D eigenvalue weighted by Crippen LogP contribution is 2.36. The molecule has 0 aliphatic rings. The van der Waals surface area contributed by atoms with E-state index in [1.165, 1.54) is 6.07 Å². The third-order valence-corrected chi connectivity index (χ3v) is 5.54. The van der Waals surface area contributed by atoms with E-state index >= 15 is 0 Å². The van der Waals surface area contributed by atoms with E-state index in [1.54, 1.807) is 25.5 Å².